The van der Waals surface area contributed by atoms with Crippen LogP contribution < -0.4 is 0 Å². The molecule has 1 aromatic rings. The fraction of sp³-hybridized carbons (Fsp3) is 0.111. The molecule has 1 rings (SSSR count). The second kappa shape index (κ2) is 12.4. The maximum atomic E-state index is 8.30. The fourth-order valence-electron chi connectivity index (χ4n) is 1.02. The van der Waals surface area contributed by atoms with Crippen LogP contribution >= 0.6 is 44.4 Å². The predicted molar refractivity (Wildman–Crippen MR) is 80.5 cm³/mol. The SMILES string of the molecule is Cn1c(/C=N/N=C=S)ccc1/C=N/SC#N.[Cl][Fe][Cl]. The number of thiocyanates is 1. The van der Waals surface area contributed by atoms with Crippen molar-refractivity contribution in [3.05, 3.63) is 23.5 Å². The molecule has 0 atom stereocenters. The van der Waals surface area contributed by atoms with Crippen LogP contribution in [0.25, 0.3) is 0 Å². The molecule has 0 aliphatic carbocycles. The second-order valence-electron chi connectivity index (χ2n) is 2.65. The van der Waals surface area contributed by atoms with Crippen LogP contribution in [-0.4, -0.2) is 22.2 Å². The Kier molecular flexibility index (Phi) is 12.0. The molecule has 0 aromatic carbocycles. The van der Waals surface area contributed by atoms with Crippen molar-refractivity contribution in [3.63, 3.8) is 0 Å². The summed E-state index contributed by atoms with van der Waals surface area (Å²) in [5.74, 6) is 0. The third kappa shape index (κ3) is 8.19. The summed E-state index contributed by atoms with van der Waals surface area (Å²) in [6.07, 6.45) is 3.17. The van der Waals surface area contributed by atoms with Crippen LogP contribution in [0.2, 0.25) is 0 Å². The van der Waals surface area contributed by atoms with Crippen molar-refractivity contribution in [1.82, 2.24) is 4.57 Å². The zero-order chi connectivity index (χ0) is 14.5. The maximum absolute atomic E-state index is 8.30. The van der Waals surface area contributed by atoms with E-state index in [2.05, 4.69) is 32.0 Å². The molecule has 0 bridgehead atoms. The summed E-state index contributed by atoms with van der Waals surface area (Å²) in [6.45, 7) is 0. The molecule has 0 unspecified atom stereocenters. The van der Waals surface area contributed by atoms with E-state index in [-0.39, 0.29) is 13.1 Å². The number of hydrogen-bond acceptors (Lipinski definition) is 6. The fourth-order valence-corrected chi connectivity index (χ4v) is 1.27. The van der Waals surface area contributed by atoms with Gasteiger partial charge in [-0.2, -0.15) is 5.26 Å². The molecule has 0 radical (unpaired) electrons. The number of hydrogen-bond donors (Lipinski definition) is 0. The minimum atomic E-state index is 0.194. The monoisotopic (exact) mass is 375 g/mol. The van der Waals surface area contributed by atoms with Crippen LogP contribution in [0, 0.1) is 10.7 Å². The molecule has 1 aromatic heterocycles. The summed E-state index contributed by atoms with van der Waals surface area (Å²) in [4.78, 5) is 0. The van der Waals surface area contributed by atoms with Gasteiger partial charge in [0.05, 0.1) is 40.9 Å². The summed E-state index contributed by atoms with van der Waals surface area (Å²) < 4.78 is 5.71. The Morgan fingerprint density at radius 3 is 2.53 bits per heavy atom. The minimum absolute atomic E-state index is 0.194. The predicted octanol–water partition coefficient (Wildman–Crippen LogP) is 3.39. The van der Waals surface area contributed by atoms with Gasteiger partial charge in [-0.25, -0.2) is 4.40 Å². The third-order valence-electron chi connectivity index (χ3n) is 1.77. The summed E-state index contributed by atoms with van der Waals surface area (Å²) in [7, 11) is 11.4. The molecular weight excluding hydrogens is 369 g/mol. The van der Waals surface area contributed by atoms with Crippen molar-refractivity contribution < 1.29 is 13.1 Å². The van der Waals surface area contributed by atoms with Crippen LogP contribution in [0.4, 0.5) is 0 Å². The number of nitrogens with zero attached hydrogens (tertiary/aromatic N) is 5. The van der Waals surface area contributed by atoms with E-state index in [4.69, 9.17) is 25.5 Å². The van der Waals surface area contributed by atoms with Gasteiger partial charge >= 0.3 is 33.3 Å². The van der Waals surface area contributed by atoms with Crippen LogP contribution in [0.15, 0.2) is 26.7 Å². The Balaban J connectivity index is 0.000000982. The van der Waals surface area contributed by atoms with Gasteiger partial charge in [-0.05, 0) is 24.4 Å². The van der Waals surface area contributed by atoms with E-state index in [1.807, 2.05) is 29.1 Å². The van der Waals surface area contributed by atoms with E-state index in [1.165, 1.54) is 0 Å². The Hall–Kier alpha value is -0.641. The van der Waals surface area contributed by atoms with E-state index >= 15 is 0 Å². The van der Waals surface area contributed by atoms with Crippen molar-refractivity contribution in [3.8, 4) is 5.40 Å². The molecule has 0 spiro atoms. The molecule has 0 aliphatic heterocycles. The van der Waals surface area contributed by atoms with Gasteiger partial charge in [0.2, 0.25) is 0 Å². The molecule has 0 aliphatic rings. The summed E-state index contributed by atoms with van der Waals surface area (Å²) >= 11 is 5.41. The molecule has 1 heterocycles. The van der Waals surface area contributed by atoms with Gasteiger partial charge in [-0.15, -0.1) is 5.10 Å². The molecule has 19 heavy (non-hydrogen) atoms. The van der Waals surface area contributed by atoms with Crippen LogP contribution in [0.1, 0.15) is 11.4 Å². The van der Waals surface area contributed by atoms with Gasteiger partial charge in [0.25, 0.3) is 0 Å². The van der Waals surface area contributed by atoms with Crippen molar-refractivity contribution in [2.75, 3.05) is 0 Å². The van der Waals surface area contributed by atoms with Gasteiger partial charge in [0.1, 0.15) is 0 Å². The van der Waals surface area contributed by atoms with Crippen molar-refractivity contribution in [2.45, 2.75) is 0 Å². The molecule has 0 N–H and O–H groups in total. The number of halogens is 2. The van der Waals surface area contributed by atoms with Gasteiger partial charge in [-0.1, -0.05) is 5.10 Å². The average molecular weight is 376 g/mol. The topological polar surface area (TPSA) is 65.8 Å². The van der Waals surface area contributed by atoms with Gasteiger partial charge in [0.15, 0.2) is 5.40 Å². The second-order valence-corrected chi connectivity index (χ2v) is 5.23. The number of isothiocyanates is 1. The van der Waals surface area contributed by atoms with Crippen molar-refractivity contribution in [1.29, 1.82) is 5.26 Å². The van der Waals surface area contributed by atoms with Gasteiger partial charge in [-0.3, -0.25) is 0 Å². The quantitative estimate of drug-likeness (QED) is 0.202. The Morgan fingerprint density at radius 2 is 2.00 bits per heavy atom. The first-order valence-corrected chi connectivity index (χ1v) is 8.62. The van der Waals surface area contributed by atoms with E-state index in [0.29, 0.717) is 0 Å². The molecule has 10 heteroatoms. The Labute approximate surface area is 135 Å². The molecule has 0 saturated heterocycles. The average Bonchev–Trinajstić information content (AvgIpc) is 2.73. The van der Waals surface area contributed by atoms with Gasteiger partial charge in [0, 0.05) is 7.05 Å². The van der Waals surface area contributed by atoms with E-state index in [9.17, 15) is 0 Å². The summed E-state index contributed by atoms with van der Waals surface area (Å²) in [5.41, 5.74) is 1.73. The zero-order valence-corrected chi connectivity index (χ0v) is 13.7. The summed E-state index contributed by atoms with van der Waals surface area (Å²) in [5, 5.41) is 19.4. The number of nitriles is 1. The zero-order valence-electron chi connectivity index (χ0n) is 9.47. The first-order valence-electron chi connectivity index (χ1n) is 4.40. The third-order valence-corrected chi connectivity index (χ3v) is 2.14. The van der Waals surface area contributed by atoms with E-state index in [0.717, 1.165) is 23.3 Å². The summed E-state index contributed by atoms with van der Waals surface area (Å²) in [6, 6.07) is 3.73. The number of aromatic nitrogens is 1. The molecule has 5 nitrogen and oxygen atoms in total. The first kappa shape index (κ1) is 18.4. The number of thiocarbonyl (C=S) groups is 1. The molecule has 0 fully saturated rings. The van der Waals surface area contributed by atoms with Crippen LogP contribution in [-0.2, 0) is 20.2 Å². The molecule has 0 saturated carbocycles. The number of rotatable bonds is 4. The van der Waals surface area contributed by atoms with Crippen molar-refractivity contribution in [2.24, 2.45) is 21.6 Å². The van der Waals surface area contributed by atoms with E-state index < -0.39 is 0 Å². The van der Waals surface area contributed by atoms with Crippen LogP contribution in [0.5, 0.6) is 0 Å². The van der Waals surface area contributed by atoms with E-state index in [1.54, 1.807) is 12.4 Å². The van der Waals surface area contributed by atoms with Crippen LogP contribution in [0.3, 0.4) is 0 Å². The molecule has 102 valence electrons. The normalized spacial score (nSPS) is 10.0. The Bertz CT molecular complexity index is 531. The molecule has 0 amide bonds. The standard InChI is InChI=1S/C9H7N5S2.2ClH.Fe/c1-14-8(4-11-12-7-15)2-3-9(14)5-13-16-6-10;;;/h2-5H,1H3;2*1H;/q;;;+2/p-2/b11-4+,13-5+;;;. The molecular formula is C9H7Cl2FeN5S2. The van der Waals surface area contributed by atoms with Crippen molar-refractivity contribution >= 4 is 62.0 Å². The Morgan fingerprint density at radius 1 is 1.42 bits per heavy atom. The first-order chi connectivity index (χ1) is 9.21. The van der Waals surface area contributed by atoms with Gasteiger partial charge < -0.3 is 4.57 Å².